The van der Waals surface area contributed by atoms with Crippen LogP contribution in [0, 0.1) is 17.8 Å². The topological polar surface area (TPSA) is 52.3 Å². The third kappa shape index (κ3) is 5.53. The molecule has 0 bridgehead atoms. The smallest absolute Gasteiger partial charge is 0.310 e. The van der Waals surface area contributed by atoms with E-state index < -0.39 is 0 Å². The zero-order chi connectivity index (χ0) is 12.7. The fraction of sp³-hybridized carbons (Fsp3) is 0.929. The molecule has 1 fully saturated rings. The van der Waals surface area contributed by atoms with Gasteiger partial charge in [0.15, 0.2) is 0 Å². The van der Waals surface area contributed by atoms with Gasteiger partial charge in [-0.15, -0.1) is 0 Å². The maximum Gasteiger partial charge on any atom is 0.310 e. The Morgan fingerprint density at radius 1 is 1.29 bits per heavy atom. The molecule has 1 aliphatic rings. The van der Waals surface area contributed by atoms with Crippen molar-refractivity contribution in [1.29, 1.82) is 0 Å². The number of carbonyl (C=O) groups excluding carboxylic acids is 1. The first-order valence-electron chi connectivity index (χ1n) is 7.00. The summed E-state index contributed by atoms with van der Waals surface area (Å²) in [5, 5.41) is 0. The van der Waals surface area contributed by atoms with Gasteiger partial charge in [0.2, 0.25) is 0 Å². The molecule has 0 aliphatic heterocycles. The molecule has 0 saturated heterocycles. The van der Waals surface area contributed by atoms with Crippen molar-refractivity contribution >= 4 is 5.97 Å². The minimum Gasteiger partial charge on any atom is -0.465 e. The number of esters is 1. The van der Waals surface area contributed by atoms with E-state index in [9.17, 15) is 4.79 Å². The molecule has 0 aromatic heterocycles. The van der Waals surface area contributed by atoms with Gasteiger partial charge in [-0.3, -0.25) is 4.79 Å². The Morgan fingerprint density at radius 3 is 2.47 bits per heavy atom. The second-order valence-electron chi connectivity index (χ2n) is 5.70. The van der Waals surface area contributed by atoms with Crippen LogP contribution in [0.4, 0.5) is 0 Å². The molecule has 17 heavy (non-hydrogen) atoms. The summed E-state index contributed by atoms with van der Waals surface area (Å²) in [5.41, 5.74) is 5.63. The molecule has 0 heterocycles. The van der Waals surface area contributed by atoms with E-state index in [1.807, 2.05) is 0 Å². The van der Waals surface area contributed by atoms with Crippen LogP contribution in [0.1, 0.15) is 52.4 Å². The number of rotatable bonds is 6. The zero-order valence-corrected chi connectivity index (χ0v) is 11.3. The molecule has 1 rings (SSSR count). The van der Waals surface area contributed by atoms with Gasteiger partial charge < -0.3 is 10.5 Å². The molecule has 0 aromatic rings. The van der Waals surface area contributed by atoms with Gasteiger partial charge >= 0.3 is 5.97 Å². The Balaban J connectivity index is 2.26. The van der Waals surface area contributed by atoms with Crippen molar-refractivity contribution < 1.29 is 9.53 Å². The maximum atomic E-state index is 11.9. The molecule has 0 aromatic carbocycles. The summed E-state index contributed by atoms with van der Waals surface area (Å²) < 4.78 is 5.42. The highest BCUT2D eigenvalue weighted by molar-refractivity contribution is 5.72. The molecule has 3 heteroatoms. The van der Waals surface area contributed by atoms with Gasteiger partial charge in [-0.1, -0.05) is 33.1 Å². The molecule has 2 N–H and O–H groups in total. The van der Waals surface area contributed by atoms with Crippen molar-refractivity contribution in [2.24, 2.45) is 23.5 Å². The standard InChI is InChI=1S/C14H27NO2/c1-11(2)8-13(9-15)14(16)17-10-12-6-4-3-5-7-12/h11-13H,3-10,15H2,1-2H3. The molecule has 1 unspecified atom stereocenters. The molecular weight excluding hydrogens is 214 g/mol. The van der Waals surface area contributed by atoms with Crippen LogP contribution in [-0.4, -0.2) is 19.1 Å². The van der Waals surface area contributed by atoms with E-state index in [2.05, 4.69) is 13.8 Å². The largest absolute Gasteiger partial charge is 0.465 e. The predicted molar refractivity (Wildman–Crippen MR) is 69.5 cm³/mol. The monoisotopic (exact) mass is 241 g/mol. The van der Waals surface area contributed by atoms with Crippen LogP contribution in [0.2, 0.25) is 0 Å². The van der Waals surface area contributed by atoms with E-state index in [1.54, 1.807) is 0 Å². The highest BCUT2D eigenvalue weighted by atomic mass is 16.5. The lowest BCUT2D eigenvalue weighted by molar-refractivity contribution is -0.150. The molecule has 1 atom stereocenters. The van der Waals surface area contributed by atoms with Gasteiger partial charge in [-0.05, 0) is 31.1 Å². The van der Waals surface area contributed by atoms with Crippen LogP contribution >= 0.6 is 0 Å². The minimum atomic E-state index is -0.112. The van der Waals surface area contributed by atoms with E-state index in [1.165, 1.54) is 32.1 Å². The van der Waals surface area contributed by atoms with Gasteiger partial charge in [-0.25, -0.2) is 0 Å². The second-order valence-corrected chi connectivity index (χ2v) is 5.70. The lowest BCUT2D eigenvalue weighted by atomic mass is 9.90. The first-order chi connectivity index (χ1) is 8.13. The Morgan fingerprint density at radius 2 is 1.94 bits per heavy atom. The van der Waals surface area contributed by atoms with E-state index in [4.69, 9.17) is 10.5 Å². The number of nitrogens with two attached hydrogens (primary N) is 1. The average Bonchev–Trinajstić information content (AvgIpc) is 2.34. The SMILES string of the molecule is CC(C)CC(CN)C(=O)OCC1CCCCC1. The van der Waals surface area contributed by atoms with Crippen LogP contribution in [0.5, 0.6) is 0 Å². The van der Waals surface area contributed by atoms with Crippen LogP contribution < -0.4 is 5.73 Å². The lowest BCUT2D eigenvalue weighted by Crippen LogP contribution is -2.28. The summed E-state index contributed by atoms with van der Waals surface area (Å²) in [6.07, 6.45) is 7.17. The third-order valence-electron chi connectivity index (χ3n) is 3.56. The molecule has 3 nitrogen and oxygen atoms in total. The van der Waals surface area contributed by atoms with Gasteiger partial charge in [-0.2, -0.15) is 0 Å². The Bertz CT molecular complexity index is 222. The van der Waals surface area contributed by atoms with Crippen molar-refractivity contribution in [3.05, 3.63) is 0 Å². The fourth-order valence-electron chi connectivity index (χ4n) is 2.53. The van der Waals surface area contributed by atoms with Gasteiger partial charge in [0, 0.05) is 6.54 Å². The zero-order valence-electron chi connectivity index (χ0n) is 11.3. The van der Waals surface area contributed by atoms with Crippen molar-refractivity contribution in [2.45, 2.75) is 52.4 Å². The quantitative estimate of drug-likeness (QED) is 0.727. The highest BCUT2D eigenvalue weighted by Crippen LogP contribution is 2.24. The number of hydrogen-bond donors (Lipinski definition) is 1. The number of ether oxygens (including phenoxy) is 1. The molecule has 1 aliphatic carbocycles. The summed E-state index contributed by atoms with van der Waals surface area (Å²) in [6.45, 7) is 5.23. The number of carbonyl (C=O) groups is 1. The van der Waals surface area contributed by atoms with Crippen LogP contribution in [-0.2, 0) is 9.53 Å². The fourth-order valence-corrected chi connectivity index (χ4v) is 2.53. The minimum absolute atomic E-state index is 0.0910. The molecule has 0 radical (unpaired) electrons. The highest BCUT2D eigenvalue weighted by Gasteiger charge is 2.21. The first-order valence-corrected chi connectivity index (χ1v) is 7.00. The molecular formula is C14H27NO2. The van der Waals surface area contributed by atoms with E-state index in [0.717, 1.165) is 6.42 Å². The van der Waals surface area contributed by atoms with Crippen molar-refractivity contribution in [2.75, 3.05) is 13.2 Å². The second kappa shape index (κ2) is 7.70. The van der Waals surface area contributed by atoms with E-state index >= 15 is 0 Å². The van der Waals surface area contributed by atoms with E-state index in [0.29, 0.717) is 25.0 Å². The maximum absolute atomic E-state index is 11.9. The van der Waals surface area contributed by atoms with Crippen LogP contribution in [0.25, 0.3) is 0 Å². The Labute approximate surface area is 105 Å². The number of hydrogen-bond acceptors (Lipinski definition) is 3. The van der Waals surface area contributed by atoms with Gasteiger partial charge in [0.05, 0.1) is 12.5 Å². The Kier molecular flexibility index (Phi) is 6.56. The van der Waals surface area contributed by atoms with Crippen LogP contribution in [0.3, 0.4) is 0 Å². The Hall–Kier alpha value is -0.570. The van der Waals surface area contributed by atoms with Crippen molar-refractivity contribution in [1.82, 2.24) is 0 Å². The summed E-state index contributed by atoms with van der Waals surface area (Å²) in [7, 11) is 0. The molecule has 0 spiro atoms. The normalized spacial score (nSPS) is 19.3. The lowest BCUT2D eigenvalue weighted by Gasteiger charge is -2.23. The summed E-state index contributed by atoms with van der Waals surface area (Å²) in [4.78, 5) is 11.9. The first kappa shape index (κ1) is 14.5. The molecule has 1 saturated carbocycles. The molecule has 0 amide bonds. The third-order valence-corrected chi connectivity index (χ3v) is 3.56. The summed E-state index contributed by atoms with van der Waals surface area (Å²) in [6, 6.07) is 0. The average molecular weight is 241 g/mol. The summed E-state index contributed by atoms with van der Waals surface area (Å²) in [5.74, 6) is 0.876. The van der Waals surface area contributed by atoms with Crippen molar-refractivity contribution in [3.63, 3.8) is 0 Å². The van der Waals surface area contributed by atoms with Gasteiger partial charge in [0.1, 0.15) is 0 Å². The van der Waals surface area contributed by atoms with E-state index in [-0.39, 0.29) is 11.9 Å². The van der Waals surface area contributed by atoms with Crippen molar-refractivity contribution in [3.8, 4) is 0 Å². The van der Waals surface area contributed by atoms with Gasteiger partial charge in [0.25, 0.3) is 0 Å². The summed E-state index contributed by atoms with van der Waals surface area (Å²) >= 11 is 0. The molecule has 100 valence electrons. The predicted octanol–water partition coefficient (Wildman–Crippen LogP) is 2.73. The van der Waals surface area contributed by atoms with Crippen LogP contribution in [0.15, 0.2) is 0 Å².